The zero-order chi connectivity index (χ0) is 8.55. The predicted molar refractivity (Wildman–Crippen MR) is 47.1 cm³/mol. The van der Waals surface area contributed by atoms with Gasteiger partial charge in [0.15, 0.2) is 0 Å². The summed E-state index contributed by atoms with van der Waals surface area (Å²) in [6.07, 6.45) is 2.27. The molecule has 1 atom stereocenters. The molecule has 1 aromatic heterocycles. The van der Waals surface area contributed by atoms with Crippen LogP contribution in [0.2, 0.25) is 0 Å². The Morgan fingerprint density at radius 2 is 2.42 bits per heavy atom. The number of halogens is 1. The van der Waals surface area contributed by atoms with Gasteiger partial charge < -0.3 is 4.57 Å². The van der Waals surface area contributed by atoms with Crippen LogP contribution in [0.25, 0.3) is 0 Å². The monoisotopic (exact) mass is 185 g/mol. The predicted octanol–water partition coefficient (Wildman–Crippen LogP) is 1.60. The Bertz CT molecular complexity index is 268. The van der Waals surface area contributed by atoms with Gasteiger partial charge in [-0.1, -0.05) is 6.92 Å². The first kappa shape index (κ1) is 8.05. The summed E-state index contributed by atoms with van der Waals surface area (Å²) in [4.78, 5) is 0. The molecule has 0 radical (unpaired) electrons. The number of fused-ring (bicyclic) bond motifs is 1. The molecule has 1 unspecified atom stereocenters. The van der Waals surface area contributed by atoms with Crippen LogP contribution in [0.15, 0.2) is 0 Å². The van der Waals surface area contributed by atoms with Gasteiger partial charge in [0.2, 0.25) is 0 Å². The maximum Gasteiger partial charge on any atom is 0.147 e. The molecule has 1 aromatic rings. The maximum atomic E-state index is 5.73. The van der Waals surface area contributed by atoms with Crippen molar-refractivity contribution in [2.45, 2.75) is 32.2 Å². The van der Waals surface area contributed by atoms with E-state index in [1.807, 2.05) is 0 Å². The summed E-state index contributed by atoms with van der Waals surface area (Å²) in [7, 11) is 0. The van der Waals surface area contributed by atoms with Crippen LogP contribution in [0.3, 0.4) is 0 Å². The summed E-state index contributed by atoms with van der Waals surface area (Å²) in [5.74, 6) is 3.22. The molecule has 3 nitrogen and oxygen atoms in total. The van der Waals surface area contributed by atoms with Crippen LogP contribution in [0.1, 0.15) is 25.0 Å². The standard InChI is InChI=1S/C8H12ClN3/c1-6-2-3-7-10-11-8(4-9)12(7)5-6/h6H,2-5H2,1H3. The van der Waals surface area contributed by atoms with E-state index in [0.29, 0.717) is 5.88 Å². The van der Waals surface area contributed by atoms with E-state index in [1.54, 1.807) is 0 Å². The second-order valence-corrected chi connectivity index (χ2v) is 3.69. The molecule has 12 heavy (non-hydrogen) atoms. The topological polar surface area (TPSA) is 30.7 Å². The van der Waals surface area contributed by atoms with Crippen molar-refractivity contribution in [2.24, 2.45) is 5.92 Å². The maximum absolute atomic E-state index is 5.73. The molecule has 2 heterocycles. The van der Waals surface area contributed by atoms with Gasteiger partial charge in [0, 0.05) is 13.0 Å². The molecule has 66 valence electrons. The highest BCUT2D eigenvalue weighted by atomic mass is 35.5. The number of hydrogen-bond donors (Lipinski definition) is 0. The molecule has 2 rings (SSSR count). The fraction of sp³-hybridized carbons (Fsp3) is 0.750. The third kappa shape index (κ3) is 1.22. The van der Waals surface area contributed by atoms with Crippen molar-refractivity contribution in [3.05, 3.63) is 11.6 Å². The van der Waals surface area contributed by atoms with Crippen LogP contribution in [-0.4, -0.2) is 14.8 Å². The SMILES string of the molecule is CC1CCc2nnc(CCl)n2C1. The lowest BCUT2D eigenvalue weighted by atomic mass is 10.0. The van der Waals surface area contributed by atoms with Gasteiger partial charge in [-0.2, -0.15) is 0 Å². The van der Waals surface area contributed by atoms with Crippen molar-refractivity contribution < 1.29 is 0 Å². The molecule has 0 fully saturated rings. The molecule has 0 amide bonds. The highest BCUT2D eigenvalue weighted by molar-refractivity contribution is 6.16. The zero-order valence-electron chi connectivity index (χ0n) is 7.13. The molecule has 0 saturated carbocycles. The summed E-state index contributed by atoms with van der Waals surface area (Å²) in [5.41, 5.74) is 0. The summed E-state index contributed by atoms with van der Waals surface area (Å²) in [6, 6.07) is 0. The second-order valence-electron chi connectivity index (χ2n) is 3.42. The first-order valence-corrected chi connectivity index (χ1v) is 4.81. The van der Waals surface area contributed by atoms with Gasteiger partial charge >= 0.3 is 0 Å². The normalized spacial score (nSPS) is 22.3. The lowest BCUT2D eigenvalue weighted by Gasteiger charge is -2.20. The number of nitrogens with zero attached hydrogens (tertiary/aromatic N) is 3. The number of hydrogen-bond acceptors (Lipinski definition) is 2. The highest BCUT2D eigenvalue weighted by Gasteiger charge is 2.18. The van der Waals surface area contributed by atoms with Crippen LogP contribution >= 0.6 is 11.6 Å². The summed E-state index contributed by atoms with van der Waals surface area (Å²) in [6.45, 7) is 3.28. The number of aryl methyl sites for hydroxylation is 1. The Balaban J connectivity index is 2.34. The highest BCUT2D eigenvalue weighted by Crippen LogP contribution is 2.19. The molecule has 0 aromatic carbocycles. The van der Waals surface area contributed by atoms with Crippen LogP contribution in [0, 0.1) is 5.92 Å². The van der Waals surface area contributed by atoms with Crippen molar-refractivity contribution in [2.75, 3.05) is 0 Å². The van der Waals surface area contributed by atoms with Crippen LogP contribution < -0.4 is 0 Å². The minimum atomic E-state index is 0.472. The largest absolute Gasteiger partial charge is 0.314 e. The molecule has 1 aliphatic heterocycles. The minimum Gasteiger partial charge on any atom is -0.314 e. The quantitative estimate of drug-likeness (QED) is 0.623. The van der Waals surface area contributed by atoms with E-state index < -0.39 is 0 Å². The van der Waals surface area contributed by atoms with Crippen molar-refractivity contribution in [1.82, 2.24) is 14.8 Å². The Morgan fingerprint density at radius 3 is 3.17 bits per heavy atom. The smallest absolute Gasteiger partial charge is 0.147 e. The van der Waals surface area contributed by atoms with Gasteiger partial charge in [-0.15, -0.1) is 21.8 Å². The van der Waals surface area contributed by atoms with E-state index in [0.717, 1.165) is 30.5 Å². The van der Waals surface area contributed by atoms with E-state index >= 15 is 0 Å². The fourth-order valence-electron chi connectivity index (χ4n) is 1.65. The van der Waals surface area contributed by atoms with Crippen LogP contribution in [0.4, 0.5) is 0 Å². The van der Waals surface area contributed by atoms with E-state index in [9.17, 15) is 0 Å². The molecule has 0 saturated heterocycles. The molecule has 0 bridgehead atoms. The van der Waals surface area contributed by atoms with Gasteiger partial charge in [-0.3, -0.25) is 0 Å². The molecule has 4 heteroatoms. The van der Waals surface area contributed by atoms with Crippen LogP contribution in [0.5, 0.6) is 0 Å². The summed E-state index contributed by atoms with van der Waals surface area (Å²) >= 11 is 5.73. The van der Waals surface area contributed by atoms with Crippen molar-refractivity contribution in [3.8, 4) is 0 Å². The number of alkyl halides is 1. The fourth-order valence-corrected chi connectivity index (χ4v) is 1.84. The van der Waals surface area contributed by atoms with E-state index in [-0.39, 0.29) is 0 Å². The Labute approximate surface area is 76.7 Å². The third-order valence-corrected chi connectivity index (χ3v) is 2.62. The van der Waals surface area contributed by atoms with Crippen molar-refractivity contribution in [1.29, 1.82) is 0 Å². The molecule has 0 spiro atoms. The van der Waals surface area contributed by atoms with E-state index in [4.69, 9.17) is 11.6 Å². The van der Waals surface area contributed by atoms with Gasteiger partial charge in [0.25, 0.3) is 0 Å². The number of rotatable bonds is 1. The lowest BCUT2D eigenvalue weighted by Crippen LogP contribution is -2.19. The Morgan fingerprint density at radius 1 is 1.58 bits per heavy atom. The zero-order valence-corrected chi connectivity index (χ0v) is 7.88. The van der Waals surface area contributed by atoms with Crippen LogP contribution in [-0.2, 0) is 18.8 Å². The van der Waals surface area contributed by atoms with Crippen molar-refractivity contribution in [3.63, 3.8) is 0 Å². The third-order valence-electron chi connectivity index (χ3n) is 2.38. The summed E-state index contributed by atoms with van der Waals surface area (Å²) < 4.78 is 2.15. The van der Waals surface area contributed by atoms with E-state index in [2.05, 4.69) is 21.7 Å². The molecule has 1 aliphatic rings. The Hall–Kier alpha value is -0.570. The number of aromatic nitrogens is 3. The van der Waals surface area contributed by atoms with Crippen molar-refractivity contribution >= 4 is 11.6 Å². The minimum absolute atomic E-state index is 0.472. The Kier molecular flexibility index (Phi) is 2.05. The van der Waals surface area contributed by atoms with Gasteiger partial charge in [-0.05, 0) is 12.3 Å². The molecule has 0 aliphatic carbocycles. The van der Waals surface area contributed by atoms with Gasteiger partial charge in [0.1, 0.15) is 11.6 Å². The van der Waals surface area contributed by atoms with Gasteiger partial charge in [0.05, 0.1) is 5.88 Å². The average molecular weight is 186 g/mol. The summed E-state index contributed by atoms with van der Waals surface area (Å²) in [5, 5.41) is 8.12. The average Bonchev–Trinajstić information content (AvgIpc) is 2.46. The second kappa shape index (κ2) is 3.05. The first-order chi connectivity index (χ1) is 5.81. The lowest BCUT2D eigenvalue weighted by molar-refractivity contribution is 0.388. The molecule has 0 N–H and O–H groups in total. The molecular weight excluding hydrogens is 174 g/mol. The van der Waals surface area contributed by atoms with Gasteiger partial charge in [-0.25, -0.2) is 0 Å². The van der Waals surface area contributed by atoms with E-state index in [1.165, 1.54) is 6.42 Å². The first-order valence-electron chi connectivity index (χ1n) is 4.28. The molecular formula is C8H12ClN3.